The van der Waals surface area contributed by atoms with Crippen LogP contribution in [-0.4, -0.2) is 17.7 Å². The molecular weight excluding hydrogens is 256 g/mol. The molecule has 0 amide bonds. The van der Waals surface area contributed by atoms with E-state index in [1.165, 1.54) is 12.1 Å². The van der Waals surface area contributed by atoms with Crippen molar-refractivity contribution in [1.29, 1.82) is 0 Å². The van der Waals surface area contributed by atoms with E-state index < -0.39 is 12.6 Å². The highest BCUT2D eigenvalue weighted by Crippen LogP contribution is 2.35. The zero-order valence-corrected chi connectivity index (χ0v) is 9.03. The van der Waals surface area contributed by atoms with Gasteiger partial charge in [-0.15, -0.1) is 0 Å². The minimum atomic E-state index is -1.10. The summed E-state index contributed by atoms with van der Waals surface area (Å²) < 4.78 is 4.86. The van der Waals surface area contributed by atoms with Gasteiger partial charge in [0.25, 0.3) is 0 Å². The number of benzene rings is 1. The Morgan fingerprint density at radius 1 is 1.29 bits per heavy atom. The fourth-order valence-corrected chi connectivity index (χ4v) is 1.73. The molecule has 0 radical (unpaired) electrons. The summed E-state index contributed by atoms with van der Waals surface area (Å²) in [6.07, 6.45) is 0. The summed E-state index contributed by atoms with van der Waals surface area (Å²) in [6, 6.07) is 2.85. The Hall–Kier alpha value is -0.640. The zero-order chi connectivity index (χ0) is 10.7. The van der Waals surface area contributed by atoms with Gasteiger partial charge in [-0.1, -0.05) is 34.8 Å². The Balaban J connectivity index is 2.91. The fourth-order valence-electron chi connectivity index (χ4n) is 0.801. The average Bonchev–Trinajstić information content (AvgIpc) is 2.01. The van der Waals surface area contributed by atoms with E-state index in [0.717, 1.165) is 0 Å². The van der Waals surface area contributed by atoms with Crippen molar-refractivity contribution in [3.8, 4) is 5.75 Å². The normalized spacial score (nSPS) is 9.93. The zero-order valence-electron chi connectivity index (χ0n) is 6.76. The van der Waals surface area contributed by atoms with Gasteiger partial charge in [0, 0.05) is 5.02 Å². The van der Waals surface area contributed by atoms with Gasteiger partial charge < -0.3 is 9.84 Å². The summed E-state index contributed by atoms with van der Waals surface area (Å²) in [5, 5.41) is 9.11. The first-order valence-electron chi connectivity index (χ1n) is 3.50. The number of carboxylic acids is 1. The summed E-state index contributed by atoms with van der Waals surface area (Å²) in [7, 11) is 0. The van der Waals surface area contributed by atoms with Gasteiger partial charge in [-0.2, -0.15) is 0 Å². The number of carboxylic acid groups (broad SMARTS) is 1. The van der Waals surface area contributed by atoms with Gasteiger partial charge in [-0.3, -0.25) is 0 Å². The number of ether oxygens (including phenoxy) is 1. The van der Waals surface area contributed by atoms with Gasteiger partial charge in [0.2, 0.25) is 0 Å². The summed E-state index contributed by atoms with van der Waals surface area (Å²) in [6.45, 7) is -0.499. The van der Waals surface area contributed by atoms with Gasteiger partial charge in [0.1, 0.15) is 0 Å². The molecule has 14 heavy (non-hydrogen) atoms. The van der Waals surface area contributed by atoms with Crippen LogP contribution in [0.25, 0.3) is 0 Å². The monoisotopic (exact) mass is 260 g/mol. The van der Waals surface area contributed by atoms with E-state index in [1.54, 1.807) is 0 Å². The highest BCUT2D eigenvalue weighted by atomic mass is 35.5. The van der Waals surface area contributed by atoms with Gasteiger partial charge in [0.15, 0.2) is 12.4 Å². The molecule has 0 unspecified atom stereocenters. The van der Waals surface area contributed by atoms with Crippen LogP contribution in [0.2, 0.25) is 15.1 Å². The van der Waals surface area contributed by atoms with E-state index in [0.29, 0.717) is 5.02 Å². The van der Waals surface area contributed by atoms with E-state index in [1.807, 2.05) is 0 Å². The first-order valence-corrected chi connectivity index (χ1v) is 4.63. The first kappa shape index (κ1) is 11.4. The largest absolute Gasteiger partial charge is 0.479 e. The van der Waals surface area contributed by atoms with E-state index in [2.05, 4.69) is 0 Å². The van der Waals surface area contributed by atoms with Gasteiger partial charge >= 0.3 is 5.97 Å². The van der Waals surface area contributed by atoms with E-state index in [4.69, 9.17) is 44.6 Å². The van der Waals surface area contributed by atoms with Gasteiger partial charge in [-0.05, 0) is 12.1 Å². The molecule has 1 N–H and O–H groups in total. The van der Waals surface area contributed by atoms with Crippen LogP contribution < -0.4 is 4.74 Å². The average molecular weight is 261 g/mol. The molecule has 0 spiro atoms. The van der Waals surface area contributed by atoms with Crippen LogP contribution in [0.5, 0.6) is 5.75 Å². The minimum Gasteiger partial charge on any atom is -0.479 e. The van der Waals surface area contributed by atoms with Crippen molar-refractivity contribution in [1.82, 2.24) is 0 Å². The Morgan fingerprint density at radius 2 is 1.79 bits per heavy atom. The summed E-state index contributed by atoms with van der Waals surface area (Å²) in [5.41, 5.74) is 0. The molecule has 3 nitrogen and oxygen atoms in total. The van der Waals surface area contributed by atoms with Crippen LogP contribution in [0.4, 0.5) is 0 Å². The molecule has 6 heteroatoms. The van der Waals surface area contributed by atoms with Crippen LogP contribution >= 0.6 is 34.8 Å². The Kier molecular flexibility index (Phi) is 3.86. The molecule has 0 fully saturated rings. The molecule has 0 heterocycles. The molecule has 1 aromatic rings. The number of carbonyl (C=O) groups is 1. The summed E-state index contributed by atoms with van der Waals surface area (Å²) >= 11 is 17.1. The Bertz CT molecular complexity index is 342. The van der Waals surface area contributed by atoms with Gasteiger partial charge in [-0.25, -0.2) is 4.79 Å². The highest BCUT2D eigenvalue weighted by molar-refractivity contribution is 6.40. The molecule has 0 atom stereocenters. The van der Waals surface area contributed by atoms with Crippen molar-refractivity contribution in [2.45, 2.75) is 0 Å². The number of rotatable bonds is 3. The van der Waals surface area contributed by atoms with Crippen molar-refractivity contribution in [2.75, 3.05) is 6.61 Å². The smallest absolute Gasteiger partial charge is 0.341 e. The molecule has 0 aliphatic heterocycles. The predicted octanol–water partition coefficient (Wildman–Crippen LogP) is 3.11. The maximum absolute atomic E-state index is 10.2. The van der Waals surface area contributed by atoms with E-state index in [-0.39, 0.29) is 15.8 Å². The lowest BCUT2D eigenvalue weighted by Gasteiger charge is -2.07. The SMILES string of the molecule is O=C(O)CO[13c]1[13c](Cl)[13cH][13c](Cl)[13cH][13c]1Cl. The maximum Gasteiger partial charge on any atom is 0.341 e. The Labute approximate surface area is 95.1 Å². The molecule has 0 aliphatic rings. The van der Waals surface area contributed by atoms with Crippen LogP contribution in [-0.2, 0) is 4.79 Å². The second kappa shape index (κ2) is 4.73. The molecule has 1 aromatic carbocycles. The quantitative estimate of drug-likeness (QED) is 0.909. The van der Waals surface area contributed by atoms with Crippen molar-refractivity contribution in [3.63, 3.8) is 0 Å². The first-order chi connectivity index (χ1) is 6.50. The third-order valence-corrected chi connectivity index (χ3v) is 2.08. The number of halogens is 3. The molecule has 1 rings (SSSR count). The van der Waals surface area contributed by atoms with Crippen LogP contribution in [0.1, 0.15) is 0 Å². The highest BCUT2D eigenvalue weighted by Gasteiger charge is 2.10. The molecule has 0 aromatic heterocycles. The summed E-state index contributed by atoms with van der Waals surface area (Å²) in [4.78, 5) is 10.2. The molecular formula is C8H5Cl3O3. The standard InChI is InChI=1S/C8H5Cl3O3/c9-4-1-5(10)8(6(11)2-4)14-3-7(12)13/h1-2H,3H2,(H,12,13)/i1+1,2+1,4+1,5+1,6+1,8+1. The lowest BCUT2D eigenvalue weighted by Crippen LogP contribution is -2.09. The maximum atomic E-state index is 10.2. The summed E-state index contributed by atoms with van der Waals surface area (Å²) in [5.74, 6) is -0.979. The van der Waals surface area contributed by atoms with Gasteiger partial charge in [0.05, 0.1) is 10.0 Å². The minimum absolute atomic E-state index is 0.125. The number of hydrogen-bond donors (Lipinski definition) is 1. The molecule has 0 bridgehead atoms. The fraction of sp³-hybridized carbons (Fsp3) is 0.125. The van der Waals surface area contributed by atoms with Crippen molar-refractivity contribution in [2.24, 2.45) is 0 Å². The second-order valence-electron chi connectivity index (χ2n) is 2.38. The van der Waals surface area contributed by atoms with Crippen molar-refractivity contribution < 1.29 is 14.6 Å². The van der Waals surface area contributed by atoms with Crippen LogP contribution in [0.3, 0.4) is 0 Å². The predicted molar refractivity (Wildman–Crippen MR) is 54.6 cm³/mol. The number of aliphatic carboxylic acids is 1. The third kappa shape index (κ3) is 2.94. The molecule has 0 saturated carbocycles. The van der Waals surface area contributed by atoms with Crippen molar-refractivity contribution >= 4 is 40.8 Å². The lowest BCUT2D eigenvalue weighted by molar-refractivity contribution is -0.139. The molecule has 76 valence electrons. The van der Waals surface area contributed by atoms with E-state index in [9.17, 15) is 4.79 Å². The second-order valence-corrected chi connectivity index (χ2v) is 3.63. The lowest BCUT2D eigenvalue weighted by atomic mass is 10.8. The topological polar surface area (TPSA) is 46.5 Å². The Morgan fingerprint density at radius 3 is 2.21 bits per heavy atom. The molecule has 0 saturated heterocycles. The van der Waals surface area contributed by atoms with Crippen LogP contribution in [0.15, 0.2) is 12.1 Å². The molecule has 0 aliphatic carbocycles. The third-order valence-electron chi connectivity index (χ3n) is 1.30. The van der Waals surface area contributed by atoms with Crippen molar-refractivity contribution in [3.05, 3.63) is 27.2 Å². The van der Waals surface area contributed by atoms with E-state index >= 15 is 0 Å². The number of hydrogen-bond acceptors (Lipinski definition) is 2. The van der Waals surface area contributed by atoms with Crippen LogP contribution in [0, 0.1) is 0 Å².